The fraction of sp³-hybridized carbons (Fsp3) is 0.312. The summed E-state index contributed by atoms with van der Waals surface area (Å²) in [5, 5.41) is 7.82. The van der Waals surface area contributed by atoms with E-state index in [0.717, 1.165) is 29.7 Å². The number of nitrogens with one attached hydrogen (secondary N) is 2. The SMILES string of the molecule is CSc1nc2c(c(=O)[nH]1)[C@@H](c1ccsc1)C1=C(CCCC1=O)N2. The van der Waals surface area contributed by atoms with Gasteiger partial charge in [0.15, 0.2) is 10.9 Å². The number of hydrogen-bond acceptors (Lipinski definition) is 6. The molecule has 2 aromatic heterocycles. The Morgan fingerprint density at radius 3 is 2.96 bits per heavy atom. The van der Waals surface area contributed by atoms with E-state index < -0.39 is 0 Å². The highest BCUT2D eigenvalue weighted by atomic mass is 32.2. The molecule has 7 heteroatoms. The van der Waals surface area contributed by atoms with Crippen molar-refractivity contribution in [3.63, 3.8) is 0 Å². The van der Waals surface area contributed by atoms with Crippen molar-refractivity contribution in [1.29, 1.82) is 0 Å². The number of hydrogen-bond donors (Lipinski definition) is 2. The fourth-order valence-corrected chi connectivity index (χ4v) is 4.37. The summed E-state index contributed by atoms with van der Waals surface area (Å²) in [5.41, 5.74) is 3.04. The van der Waals surface area contributed by atoms with Crippen LogP contribution >= 0.6 is 23.1 Å². The van der Waals surface area contributed by atoms with Crippen molar-refractivity contribution in [2.45, 2.75) is 30.3 Å². The lowest BCUT2D eigenvalue weighted by Crippen LogP contribution is -2.32. The van der Waals surface area contributed by atoms with Crippen molar-refractivity contribution < 1.29 is 4.79 Å². The van der Waals surface area contributed by atoms with Crippen LogP contribution in [0.25, 0.3) is 0 Å². The molecule has 0 saturated carbocycles. The summed E-state index contributed by atoms with van der Waals surface area (Å²) in [6.07, 6.45) is 4.09. The Morgan fingerprint density at radius 1 is 1.35 bits per heavy atom. The predicted octanol–water partition coefficient (Wildman–Crippen LogP) is 3.12. The summed E-state index contributed by atoms with van der Waals surface area (Å²) < 4.78 is 0. The number of thiophene rings is 1. The molecule has 1 aliphatic carbocycles. The number of ketones is 1. The van der Waals surface area contributed by atoms with Crippen LogP contribution in [0.3, 0.4) is 0 Å². The number of H-pyrrole nitrogens is 1. The van der Waals surface area contributed by atoms with Gasteiger partial charge in [-0.1, -0.05) is 11.8 Å². The number of aromatic amines is 1. The van der Waals surface area contributed by atoms with E-state index in [-0.39, 0.29) is 17.3 Å². The normalized spacial score (nSPS) is 20.0. The standard InChI is InChI=1S/C16H15N3O2S2/c1-22-16-18-14-13(15(21)19-16)11(8-5-6-23-7-8)12-9(17-14)3-2-4-10(12)20/h5-7,11H,2-4H2,1H3,(H2,17,18,19,21)/t11-/m0/s1. The van der Waals surface area contributed by atoms with Gasteiger partial charge >= 0.3 is 0 Å². The molecule has 1 aliphatic heterocycles. The second-order valence-corrected chi connectivity index (χ2v) is 7.20. The molecule has 5 nitrogen and oxygen atoms in total. The Kier molecular flexibility index (Phi) is 3.61. The first-order valence-corrected chi connectivity index (χ1v) is 9.59. The number of anilines is 1. The van der Waals surface area contributed by atoms with Crippen LogP contribution in [0.5, 0.6) is 0 Å². The van der Waals surface area contributed by atoms with E-state index in [1.165, 1.54) is 11.8 Å². The van der Waals surface area contributed by atoms with Crippen molar-refractivity contribution in [3.8, 4) is 0 Å². The molecule has 118 valence electrons. The molecule has 0 amide bonds. The molecule has 0 fully saturated rings. The highest BCUT2D eigenvalue weighted by molar-refractivity contribution is 7.98. The van der Waals surface area contributed by atoms with Gasteiger partial charge in [0.1, 0.15) is 5.82 Å². The van der Waals surface area contributed by atoms with Crippen molar-refractivity contribution in [3.05, 3.63) is 49.6 Å². The first-order chi connectivity index (χ1) is 11.2. The first-order valence-electron chi connectivity index (χ1n) is 7.42. The molecule has 23 heavy (non-hydrogen) atoms. The Balaban J connectivity index is 1.98. The summed E-state index contributed by atoms with van der Waals surface area (Å²) in [5.74, 6) is 0.407. The average Bonchev–Trinajstić information content (AvgIpc) is 3.07. The molecular weight excluding hydrogens is 330 g/mol. The van der Waals surface area contributed by atoms with E-state index in [9.17, 15) is 9.59 Å². The van der Waals surface area contributed by atoms with Crippen LogP contribution in [-0.2, 0) is 4.79 Å². The van der Waals surface area contributed by atoms with Crippen LogP contribution in [0.2, 0.25) is 0 Å². The average molecular weight is 345 g/mol. The van der Waals surface area contributed by atoms with Crippen LogP contribution in [-0.4, -0.2) is 22.0 Å². The number of carbonyl (C=O) groups is 1. The Labute approximate surface area is 141 Å². The zero-order valence-corrected chi connectivity index (χ0v) is 14.1. The number of carbonyl (C=O) groups excluding carboxylic acids is 1. The molecule has 0 spiro atoms. The third-order valence-corrected chi connectivity index (χ3v) is 5.59. The molecule has 2 aromatic rings. The summed E-state index contributed by atoms with van der Waals surface area (Å²) in [6, 6.07) is 1.98. The van der Waals surface area contributed by atoms with Gasteiger partial charge < -0.3 is 10.3 Å². The van der Waals surface area contributed by atoms with Gasteiger partial charge in [-0.2, -0.15) is 11.3 Å². The second kappa shape index (κ2) is 5.65. The number of nitrogens with zero attached hydrogens (tertiary/aromatic N) is 1. The van der Waals surface area contributed by atoms with E-state index in [1.54, 1.807) is 11.3 Å². The van der Waals surface area contributed by atoms with Crippen LogP contribution in [0.1, 0.15) is 36.3 Å². The maximum Gasteiger partial charge on any atom is 0.257 e. The van der Waals surface area contributed by atoms with Crippen LogP contribution < -0.4 is 10.9 Å². The molecule has 1 atom stereocenters. The molecule has 0 unspecified atom stereocenters. The second-order valence-electron chi connectivity index (χ2n) is 5.62. The Hall–Kier alpha value is -1.86. The third kappa shape index (κ3) is 2.35. The van der Waals surface area contributed by atoms with E-state index >= 15 is 0 Å². The number of rotatable bonds is 2. The number of fused-ring (bicyclic) bond motifs is 1. The lowest BCUT2D eigenvalue weighted by Gasteiger charge is -2.32. The minimum atomic E-state index is -0.313. The van der Waals surface area contributed by atoms with Crippen molar-refractivity contribution in [2.24, 2.45) is 0 Å². The van der Waals surface area contributed by atoms with Gasteiger partial charge in [0, 0.05) is 23.6 Å². The first kappa shape index (κ1) is 14.7. The Bertz CT molecular complexity index is 868. The van der Waals surface area contributed by atoms with Crippen molar-refractivity contribution in [2.75, 3.05) is 11.6 Å². The number of Topliss-reactive ketones (excluding diaryl/α,β-unsaturated/α-hetero) is 1. The minimum Gasteiger partial charge on any atom is -0.343 e. The summed E-state index contributed by atoms with van der Waals surface area (Å²) in [4.78, 5) is 32.5. The van der Waals surface area contributed by atoms with Gasteiger partial charge in [-0.3, -0.25) is 9.59 Å². The van der Waals surface area contributed by atoms with E-state index in [4.69, 9.17) is 0 Å². The molecule has 0 bridgehead atoms. The van der Waals surface area contributed by atoms with E-state index in [0.29, 0.717) is 23.0 Å². The zero-order chi connectivity index (χ0) is 16.0. The topological polar surface area (TPSA) is 74.8 Å². The number of allylic oxidation sites excluding steroid dienone is 2. The largest absolute Gasteiger partial charge is 0.343 e. The minimum absolute atomic E-state index is 0.133. The fourth-order valence-electron chi connectivity index (χ4n) is 3.31. The van der Waals surface area contributed by atoms with Crippen molar-refractivity contribution in [1.82, 2.24) is 9.97 Å². The lowest BCUT2D eigenvalue weighted by atomic mass is 9.77. The quantitative estimate of drug-likeness (QED) is 0.646. The molecule has 0 radical (unpaired) electrons. The van der Waals surface area contributed by atoms with E-state index in [2.05, 4.69) is 15.3 Å². The highest BCUT2D eigenvalue weighted by Gasteiger charge is 2.37. The maximum atomic E-state index is 12.7. The van der Waals surface area contributed by atoms with Gasteiger partial charge in [-0.25, -0.2) is 4.98 Å². The molecule has 0 aromatic carbocycles. The molecular formula is C16H15N3O2S2. The third-order valence-electron chi connectivity index (χ3n) is 4.31. The van der Waals surface area contributed by atoms with Crippen LogP contribution in [0.15, 0.2) is 38.0 Å². The molecule has 3 heterocycles. The highest BCUT2D eigenvalue weighted by Crippen LogP contribution is 2.43. The molecule has 4 rings (SSSR count). The smallest absolute Gasteiger partial charge is 0.257 e. The molecule has 2 aliphatic rings. The molecule has 0 saturated heterocycles. The summed E-state index contributed by atoms with van der Waals surface area (Å²) >= 11 is 2.97. The van der Waals surface area contributed by atoms with Gasteiger partial charge in [-0.15, -0.1) is 0 Å². The van der Waals surface area contributed by atoms with E-state index in [1.807, 2.05) is 23.1 Å². The van der Waals surface area contributed by atoms with Gasteiger partial charge in [0.25, 0.3) is 5.56 Å². The summed E-state index contributed by atoms with van der Waals surface area (Å²) in [7, 11) is 0. The number of thioether (sulfide) groups is 1. The van der Waals surface area contributed by atoms with Gasteiger partial charge in [-0.05, 0) is 41.5 Å². The lowest BCUT2D eigenvalue weighted by molar-refractivity contribution is -0.116. The summed E-state index contributed by atoms with van der Waals surface area (Å²) in [6.45, 7) is 0. The predicted molar refractivity (Wildman–Crippen MR) is 92.3 cm³/mol. The Morgan fingerprint density at radius 2 is 2.22 bits per heavy atom. The monoisotopic (exact) mass is 345 g/mol. The van der Waals surface area contributed by atoms with Gasteiger partial charge in [0.2, 0.25) is 0 Å². The van der Waals surface area contributed by atoms with Gasteiger partial charge in [0.05, 0.1) is 5.56 Å². The maximum absolute atomic E-state index is 12.7. The van der Waals surface area contributed by atoms with Crippen LogP contribution in [0.4, 0.5) is 5.82 Å². The zero-order valence-electron chi connectivity index (χ0n) is 12.5. The van der Waals surface area contributed by atoms with Crippen molar-refractivity contribution >= 4 is 34.7 Å². The van der Waals surface area contributed by atoms with Crippen LogP contribution in [0, 0.1) is 0 Å². The number of aromatic nitrogens is 2. The molecule has 2 N–H and O–H groups in total.